The van der Waals surface area contributed by atoms with Crippen LogP contribution in [-0.4, -0.2) is 18.6 Å². The zero-order chi connectivity index (χ0) is 18.7. The molecule has 2 aromatic carbocycles. The Morgan fingerprint density at radius 3 is 2.42 bits per heavy atom. The second-order valence-electron chi connectivity index (χ2n) is 5.44. The van der Waals surface area contributed by atoms with Gasteiger partial charge in [0.25, 0.3) is 0 Å². The Bertz CT molecular complexity index is 1050. The molecule has 3 aromatic rings. The van der Waals surface area contributed by atoms with Crippen molar-refractivity contribution in [3.05, 3.63) is 65.8 Å². The molecule has 26 heavy (non-hydrogen) atoms. The molecular weight excluding hydrogens is 359 g/mol. The maximum atomic E-state index is 13.0. The maximum Gasteiger partial charge on any atom is 0.244 e. The van der Waals surface area contributed by atoms with E-state index < -0.39 is 16.1 Å². The second-order valence-corrected chi connectivity index (χ2v) is 7.16. The summed E-state index contributed by atoms with van der Waals surface area (Å²) >= 11 is 0. The van der Waals surface area contributed by atoms with Gasteiger partial charge in [-0.15, -0.1) is 0 Å². The van der Waals surface area contributed by atoms with Crippen molar-refractivity contribution in [3.63, 3.8) is 0 Å². The third-order valence-corrected chi connectivity index (χ3v) is 5.10. The predicted molar refractivity (Wildman–Crippen MR) is 89.6 cm³/mol. The van der Waals surface area contributed by atoms with Gasteiger partial charge in [-0.25, -0.2) is 12.8 Å². The Kier molecular flexibility index (Phi) is 4.79. The first-order valence-electron chi connectivity index (χ1n) is 7.51. The molecule has 132 valence electrons. The first kappa shape index (κ1) is 17.7. The van der Waals surface area contributed by atoms with Gasteiger partial charge in [0.05, 0.1) is 22.6 Å². The summed E-state index contributed by atoms with van der Waals surface area (Å²) in [5.41, 5.74) is 0.904. The topological polar surface area (TPSA) is 109 Å². The molecule has 0 bridgehead atoms. The lowest BCUT2D eigenvalue weighted by Gasteiger charge is -2.10. The quantitative estimate of drug-likeness (QED) is 0.738. The monoisotopic (exact) mass is 372 g/mol. The highest BCUT2D eigenvalue weighted by Crippen LogP contribution is 2.20. The molecule has 0 aliphatic heterocycles. The summed E-state index contributed by atoms with van der Waals surface area (Å²) in [7, 11) is -3.83. The highest BCUT2D eigenvalue weighted by Gasteiger charge is 2.22. The van der Waals surface area contributed by atoms with Gasteiger partial charge in [0.2, 0.25) is 21.7 Å². The Morgan fingerprint density at radius 1 is 1.15 bits per heavy atom. The van der Waals surface area contributed by atoms with E-state index in [-0.39, 0.29) is 22.4 Å². The van der Waals surface area contributed by atoms with Crippen LogP contribution in [0.5, 0.6) is 0 Å². The molecule has 0 aliphatic carbocycles. The van der Waals surface area contributed by atoms with Crippen LogP contribution in [0.15, 0.2) is 57.9 Å². The number of sulfonamides is 1. The van der Waals surface area contributed by atoms with Crippen LogP contribution in [0.25, 0.3) is 11.4 Å². The summed E-state index contributed by atoms with van der Waals surface area (Å²) in [6.45, 7) is 1.56. The van der Waals surface area contributed by atoms with Crippen LogP contribution in [0, 0.1) is 17.1 Å². The Morgan fingerprint density at radius 2 is 1.81 bits per heavy atom. The van der Waals surface area contributed by atoms with Crippen molar-refractivity contribution in [3.8, 4) is 17.5 Å². The van der Waals surface area contributed by atoms with E-state index in [1.54, 1.807) is 6.92 Å². The fourth-order valence-electron chi connectivity index (χ4n) is 2.19. The van der Waals surface area contributed by atoms with Crippen molar-refractivity contribution < 1.29 is 17.3 Å². The van der Waals surface area contributed by atoms with Gasteiger partial charge in [-0.1, -0.05) is 5.16 Å². The molecule has 0 radical (unpaired) electrons. The van der Waals surface area contributed by atoms with Gasteiger partial charge in [0.1, 0.15) is 5.82 Å². The van der Waals surface area contributed by atoms with Crippen LogP contribution in [0.3, 0.4) is 0 Å². The minimum absolute atomic E-state index is 0.0154. The number of halogens is 1. The van der Waals surface area contributed by atoms with Crippen molar-refractivity contribution in [1.82, 2.24) is 14.9 Å². The van der Waals surface area contributed by atoms with Crippen molar-refractivity contribution in [2.75, 3.05) is 0 Å². The first-order valence-corrected chi connectivity index (χ1v) is 8.99. The van der Waals surface area contributed by atoms with Gasteiger partial charge >= 0.3 is 0 Å². The highest BCUT2D eigenvalue weighted by molar-refractivity contribution is 7.89. The van der Waals surface area contributed by atoms with E-state index >= 15 is 0 Å². The van der Waals surface area contributed by atoms with Gasteiger partial charge in [-0.2, -0.15) is 15.0 Å². The average molecular weight is 372 g/mol. The molecule has 1 heterocycles. The molecule has 0 saturated heterocycles. The van der Waals surface area contributed by atoms with E-state index in [0.29, 0.717) is 11.1 Å². The number of benzene rings is 2. The Labute approximate surface area is 149 Å². The smallest absolute Gasteiger partial charge is 0.244 e. The maximum absolute atomic E-state index is 13.0. The number of hydrogen-bond acceptors (Lipinski definition) is 6. The Balaban J connectivity index is 1.78. The predicted octanol–water partition coefficient (Wildman–Crippen LogP) is 2.79. The van der Waals surface area contributed by atoms with Crippen molar-refractivity contribution in [1.29, 1.82) is 5.26 Å². The van der Waals surface area contributed by atoms with Crippen LogP contribution in [0.4, 0.5) is 4.39 Å². The third-order valence-electron chi connectivity index (χ3n) is 3.54. The molecule has 0 saturated carbocycles. The minimum Gasteiger partial charge on any atom is -0.337 e. The number of nitrogens with zero attached hydrogens (tertiary/aromatic N) is 3. The van der Waals surface area contributed by atoms with Crippen LogP contribution < -0.4 is 4.72 Å². The lowest BCUT2D eigenvalue weighted by Crippen LogP contribution is -2.27. The van der Waals surface area contributed by atoms with Crippen molar-refractivity contribution in [2.24, 2.45) is 0 Å². The minimum atomic E-state index is -3.83. The largest absolute Gasteiger partial charge is 0.337 e. The zero-order valence-electron chi connectivity index (χ0n) is 13.5. The SMILES string of the molecule is CC(NS(=O)(=O)c1ccc(C#N)cc1)c1nc(-c2ccc(F)cc2)no1. The van der Waals surface area contributed by atoms with Crippen LogP contribution in [-0.2, 0) is 10.0 Å². The molecule has 9 heteroatoms. The van der Waals surface area contributed by atoms with Crippen LogP contribution in [0.2, 0.25) is 0 Å². The van der Waals surface area contributed by atoms with E-state index in [1.807, 2.05) is 6.07 Å². The molecule has 0 amide bonds. The number of aromatic nitrogens is 2. The van der Waals surface area contributed by atoms with Gasteiger partial charge in [0, 0.05) is 5.56 Å². The van der Waals surface area contributed by atoms with Crippen molar-refractivity contribution in [2.45, 2.75) is 17.9 Å². The van der Waals surface area contributed by atoms with Crippen LogP contribution >= 0.6 is 0 Å². The molecule has 1 N–H and O–H groups in total. The molecule has 0 aliphatic rings. The average Bonchev–Trinajstić information content (AvgIpc) is 3.12. The Hall–Kier alpha value is -3.09. The molecule has 0 spiro atoms. The number of nitriles is 1. The summed E-state index contributed by atoms with van der Waals surface area (Å²) in [4.78, 5) is 4.16. The number of nitrogens with one attached hydrogen (secondary N) is 1. The van der Waals surface area contributed by atoms with Gasteiger partial charge in [-0.3, -0.25) is 0 Å². The second kappa shape index (κ2) is 7.03. The molecule has 1 atom stereocenters. The number of rotatable bonds is 5. The van der Waals surface area contributed by atoms with Gasteiger partial charge in [-0.05, 0) is 55.5 Å². The molecule has 1 aromatic heterocycles. The number of hydrogen-bond donors (Lipinski definition) is 1. The normalized spacial score (nSPS) is 12.5. The lowest BCUT2D eigenvalue weighted by atomic mass is 10.2. The first-order chi connectivity index (χ1) is 12.4. The third kappa shape index (κ3) is 3.77. The summed E-state index contributed by atoms with van der Waals surface area (Å²) in [6, 6.07) is 12.2. The fraction of sp³-hybridized carbons (Fsp3) is 0.118. The summed E-state index contributed by atoms with van der Waals surface area (Å²) in [5, 5.41) is 12.6. The van der Waals surface area contributed by atoms with Gasteiger partial charge in [0.15, 0.2) is 0 Å². The zero-order valence-corrected chi connectivity index (χ0v) is 14.4. The highest BCUT2D eigenvalue weighted by atomic mass is 32.2. The molecule has 1 unspecified atom stereocenters. The molecular formula is C17H13FN4O3S. The van der Waals surface area contributed by atoms with E-state index in [0.717, 1.165) is 0 Å². The standard InChI is InChI=1S/C17H13FN4O3S/c1-11(22-26(23,24)15-8-2-12(10-19)3-9-15)17-20-16(21-25-17)13-4-6-14(18)7-5-13/h2-9,11,22H,1H3. The fourth-order valence-corrected chi connectivity index (χ4v) is 3.38. The van der Waals surface area contributed by atoms with Crippen LogP contribution in [0.1, 0.15) is 24.4 Å². The van der Waals surface area contributed by atoms with Gasteiger partial charge < -0.3 is 4.52 Å². The van der Waals surface area contributed by atoms with Crippen molar-refractivity contribution >= 4 is 10.0 Å². The molecule has 3 rings (SSSR count). The van der Waals surface area contributed by atoms with E-state index in [1.165, 1.54) is 48.5 Å². The molecule has 0 fully saturated rings. The summed E-state index contributed by atoms with van der Waals surface area (Å²) in [6.07, 6.45) is 0. The summed E-state index contributed by atoms with van der Waals surface area (Å²) < 4.78 is 45.3. The van der Waals surface area contributed by atoms with E-state index in [2.05, 4.69) is 14.9 Å². The van der Waals surface area contributed by atoms with E-state index in [9.17, 15) is 12.8 Å². The summed E-state index contributed by atoms with van der Waals surface area (Å²) in [5.74, 6) is -0.0908. The van der Waals surface area contributed by atoms with E-state index in [4.69, 9.17) is 9.78 Å². The molecule has 7 nitrogen and oxygen atoms in total. The lowest BCUT2D eigenvalue weighted by molar-refractivity contribution is 0.354.